The average Bonchev–Trinajstić information content (AvgIpc) is 2.56. The summed E-state index contributed by atoms with van der Waals surface area (Å²) in [7, 11) is 3.54. The Hall–Kier alpha value is -2.19. The predicted octanol–water partition coefficient (Wildman–Crippen LogP) is 0.679. The molecule has 2 rings (SSSR count). The van der Waals surface area contributed by atoms with Crippen molar-refractivity contribution < 1.29 is 14.5 Å². The summed E-state index contributed by atoms with van der Waals surface area (Å²) in [5.74, 6) is 0.636. The van der Waals surface area contributed by atoms with Gasteiger partial charge in [0.15, 0.2) is 0 Å². The minimum Gasteiger partial charge on any atom is -0.492 e. The molecule has 1 saturated heterocycles. The number of non-ortho nitro benzene ring substituents is 1. The Morgan fingerprint density at radius 2 is 1.92 bits per heavy atom. The van der Waals surface area contributed by atoms with Crippen LogP contribution in [0.5, 0.6) is 5.75 Å². The minimum atomic E-state index is -0.429. The van der Waals surface area contributed by atoms with E-state index in [2.05, 4.69) is 9.80 Å². The maximum absolute atomic E-state index is 11.7. The Morgan fingerprint density at radius 1 is 1.25 bits per heavy atom. The van der Waals surface area contributed by atoms with Gasteiger partial charge in [0.2, 0.25) is 5.91 Å². The first kappa shape index (κ1) is 18.2. The number of nitro groups is 1. The third-order valence-electron chi connectivity index (χ3n) is 4.03. The molecule has 0 aliphatic carbocycles. The fraction of sp³-hybridized carbons (Fsp3) is 0.562. The molecule has 8 nitrogen and oxygen atoms in total. The van der Waals surface area contributed by atoms with Crippen LogP contribution >= 0.6 is 0 Å². The van der Waals surface area contributed by atoms with Crippen molar-refractivity contribution in [2.24, 2.45) is 0 Å². The molecule has 8 heteroatoms. The second-order valence-corrected chi connectivity index (χ2v) is 6.01. The van der Waals surface area contributed by atoms with Gasteiger partial charge in [0.1, 0.15) is 12.4 Å². The van der Waals surface area contributed by atoms with Crippen LogP contribution in [0.2, 0.25) is 0 Å². The van der Waals surface area contributed by atoms with Crippen LogP contribution in [0.1, 0.15) is 0 Å². The lowest BCUT2D eigenvalue weighted by molar-refractivity contribution is -0.384. The predicted molar refractivity (Wildman–Crippen MR) is 90.2 cm³/mol. The highest BCUT2D eigenvalue weighted by molar-refractivity contribution is 5.77. The molecule has 1 fully saturated rings. The summed E-state index contributed by atoms with van der Waals surface area (Å²) in [5.41, 5.74) is 0.0340. The number of nitro benzene ring substituents is 1. The summed E-state index contributed by atoms with van der Waals surface area (Å²) in [6.45, 7) is 5.20. The van der Waals surface area contributed by atoms with Gasteiger partial charge in [-0.25, -0.2) is 0 Å². The Bertz CT molecular complexity index is 571. The first-order chi connectivity index (χ1) is 11.5. The number of piperazine rings is 1. The summed E-state index contributed by atoms with van der Waals surface area (Å²) in [5, 5.41) is 10.7. The maximum atomic E-state index is 11.7. The summed E-state index contributed by atoms with van der Waals surface area (Å²) < 4.78 is 5.60. The molecule has 0 atom stereocenters. The second kappa shape index (κ2) is 8.60. The molecule has 1 aromatic rings. The number of nitrogens with zero attached hydrogens (tertiary/aromatic N) is 4. The molecule has 1 aromatic carbocycles. The molecule has 0 aromatic heterocycles. The molecule has 24 heavy (non-hydrogen) atoms. The third-order valence-corrected chi connectivity index (χ3v) is 4.03. The Labute approximate surface area is 141 Å². The molecule has 0 unspecified atom stereocenters. The number of rotatable bonds is 7. The fourth-order valence-electron chi connectivity index (χ4n) is 2.48. The highest BCUT2D eigenvalue weighted by Crippen LogP contribution is 2.19. The third kappa shape index (κ3) is 5.47. The zero-order valence-corrected chi connectivity index (χ0v) is 14.2. The van der Waals surface area contributed by atoms with Gasteiger partial charge in [-0.1, -0.05) is 6.07 Å². The summed E-state index contributed by atoms with van der Waals surface area (Å²) in [6.07, 6.45) is 0. The number of carbonyl (C=O) groups is 1. The van der Waals surface area contributed by atoms with Crippen molar-refractivity contribution in [3.8, 4) is 5.75 Å². The standard InChI is InChI=1S/C16H24N4O4/c1-17(2)16(21)13-19-8-6-18(7-9-19)10-11-24-15-5-3-4-14(12-15)20(22)23/h3-5,12H,6-11,13H2,1-2H3. The van der Waals surface area contributed by atoms with Crippen molar-refractivity contribution in [2.75, 3.05) is 60.0 Å². The van der Waals surface area contributed by atoms with Crippen LogP contribution in [0.3, 0.4) is 0 Å². The molecular weight excluding hydrogens is 312 g/mol. The van der Waals surface area contributed by atoms with Gasteiger partial charge in [-0.2, -0.15) is 0 Å². The Balaban J connectivity index is 1.69. The number of hydrogen-bond acceptors (Lipinski definition) is 6. The van der Waals surface area contributed by atoms with E-state index in [1.807, 2.05) is 0 Å². The van der Waals surface area contributed by atoms with Crippen molar-refractivity contribution in [2.45, 2.75) is 0 Å². The van der Waals surface area contributed by atoms with Gasteiger partial charge < -0.3 is 9.64 Å². The molecular formula is C16H24N4O4. The van der Waals surface area contributed by atoms with Crippen LogP contribution in [0.15, 0.2) is 24.3 Å². The van der Waals surface area contributed by atoms with E-state index in [1.165, 1.54) is 12.1 Å². The number of carbonyl (C=O) groups excluding carboxylic acids is 1. The Morgan fingerprint density at radius 3 is 2.54 bits per heavy atom. The number of amides is 1. The van der Waals surface area contributed by atoms with Crippen LogP contribution in [-0.2, 0) is 4.79 Å². The molecule has 1 aliphatic rings. The number of hydrogen-bond donors (Lipinski definition) is 0. The highest BCUT2D eigenvalue weighted by atomic mass is 16.6. The minimum absolute atomic E-state index is 0.0340. The summed E-state index contributed by atoms with van der Waals surface area (Å²) >= 11 is 0. The molecule has 0 bridgehead atoms. The Kier molecular flexibility index (Phi) is 6.51. The maximum Gasteiger partial charge on any atom is 0.273 e. The number of benzene rings is 1. The van der Waals surface area contributed by atoms with Crippen LogP contribution in [0.4, 0.5) is 5.69 Å². The van der Waals surface area contributed by atoms with Crippen LogP contribution in [0.25, 0.3) is 0 Å². The monoisotopic (exact) mass is 336 g/mol. The SMILES string of the molecule is CN(C)C(=O)CN1CCN(CCOc2cccc([N+](=O)[O-])c2)CC1. The van der Waals surface area contributed by atoms with Gasteiger partial charge in [-0.05, 0) is 6.07 Å². The van der Waals surface area contributed by atoms with Crippen molar-refractivity contribution in [3.05, 3.63) is 34.4 Å². The van der Waals surface area contributed by atoms with Gasteiger partial charge in [0.05, 0.1) is 17.5 Å². The molecule has 1 heterocycles. The van der Waals surface area contributed by atoms with E-state index in [-0.39, 0.29) is 11.6 Å². The topological polar surface area (TPSA) is 79.2 Å². The average molecular weight is 336 g/mol. The summed E-state index contributed by atoms with van der Waals surface area (Å²) in [6, 6.07) is 6.22. The van der Waals surface area contributed by atoms with E-state index in [9.17, 15) is 14.9 Å². The van der Waals surface area contributed by atoms with Crippen molar-refractivity contribution in [1.82, 2.24) is 14.7 Å². The van der Waals surface area contributed by atoms with E-state index < -0.39 is 4.92 Å². The quantitative estimate of drug-likeness (QED) is 0.538. The lowest BCUT2D eigenvalue weighted by Gasteiger charge is -2.34. The van der Waals surface area contributed by atoms with Crippen molar-refractivity contribution >= 4 is 11.6 Å². The van der Waals surface area contributed by atoms with Crippen molar-refractivity contribution in [1.29, 1.82) is 0 Å². The molecule has 0 spiro atoms. The van der Waals surface area contributed by atoms with E-state index in [0.29, 0.717) is 18.9 Å². The first-order valence-electron chi connectivity index (χ1n) is 7.98. The lowest BCUT2D eigenvalue weighted by atomic mass is 10.3. The summed E-state index contributed by atoms with van der Waals surface area (Å²) in [4.78, 5) is 28.0. The molecule has 0 saturated carbocycles. The largest absolute Gasteiger partial charge is 0.492 e. The van der Waals surface area contributed by atoms with Crippen molar-refractivity contribution in [3.63, 3.8) is 0 Å². The lowest BCUT2D eigenvalue weighted by Crippen LogP contribution is -2.50. The van der Waals surface area contributed by atoms with Gasteiger partial charge in [0.25, 0.3) is 5.69 Å². The number of ether oxygens (including phenoxy) is 1. The zero-order chi connectivity index (χ0) is 17.5. The van der Waals surface area contributed by atoms with Crippen LogP contribution in [0, 0.1) is 10.1 Å². The van der Waals surface area contributed by atoms with Gasteiger partial charge in [-0.3, -0.25) is 24.7 Å². The highest BCUT2D eigenvalue weighted by Gasteiger charge is 2.19. The normalized spacial score (nSPS) is 15.9. The molecule has 0 radical (unpaired) electrons. The fourth-order valence-corrected chi connectivity index (χ4v) is 2.48. The van der Waals surface area contributed by atoms with E-state index in [0.717, 1.165) is 32.7 Å². The van der Waals surface area contributed by atoms with E-state index in [1.54, 1.807) is 31.1 Å². The first-order valence-corrected chi connectivity index (χ1v) is 7.98. The molecule has 0 N–H and O–H groups in total. The van der Waals surface area contributed by atoms with E-state index in [4.69, 9.17) is 4.74 Å². The molecule has 1 amide bonds. The van der Waals surface area contributed by atoms with Gasteiger partial charge >= 0.3 is 0 Å². The van der Waals surface area contributed by atoms with Gasteiger partial charge in [-0.15, -0.1) is 0 Å². The van der Waals surface area contributed by atoms with Crippen LogP contribution in [-0.4, -0.2) is 85.5 Å². The van der Waals surface area contributed by atoms with E-state index >= 15 is 0 Å². The molecule has 132 valence electrons. The van der Waals surface area contributed by atoms with Crippen LogP contribution < -0.4 is 4.74 Å². The number of likely N-dealkylation sites (N-methyl/N-ethyl adjacent to an activating group) is 1. The smallest absolute Gasteiger partial charge is 0.273 e. The molecule has 1 aliphatic heterocycles. The second-order valence-electron chi connectivity index (χ2n) is 6.01. The van der Waals surface area contributed by atoms with Gasteiger partial charge in [0, 0.05) is 52.9 Å². The zero-order valence-electron chi connectivity index (χ0n) is 14.2.